The van der Waals surface area contributed by atoms with Crippen LogP contribution in [-0.2, 0) is 9.53 Å². The van der Waals surface area contributed by atoms with Crippen molar-refractivity contribution in [3.8, 4) is 0 Å². The van der Waals surface area contributed by atoms with E-state index in [0.717, 1.165) is 12.1 Å². The van der Waals surface area contributed by atoms with Crippen molar-refractivity contribution in [2.75, 3.05) is 30.9 Å². The molecule has 0 bridgehead atoms. The number of nitrogens with zero attached hydrogens (tertiary/aromatic N) is 1. The Labute approximate surface area is 96.0 Å². The van der Waals surface area contributed by atoms with Crippen molar-refractivity contribution in [3.63, 3.8) is 0 Å². The molecule has 0 spiro atoms. The average molecular weight is 222 g/mol. The Hall–Kier alpha value is -1.55. The van der Waals surface area contributed by atoms with Gasteiger partial charge in [0.1, 0.15) is 6.61 Å². The molecular weight excluding hydrogens is 204 g/mol. The number of carbonyl (C=O) groups excluding carboxylic acids is 1. The van der Waals surface area contributed by atoms with Gasteiger partial charge in [0.2, 0.25) is 0 Å². The van der Waals surface area contributed by atoms with Crippen molar-refractivity contribution in [3.05, 3.63) is 24.3 Å². The molecule has 0 unspecified atom stereocenters. The van der Waals surface area contributed by atoms with E-state index in [-0.39, 0.29) is 12.5 Å². The lowest BCUT2D eigenvalue weighted by Gasteiger charge is -2.22. The zero-order valence-electron chi connectivity index (χ0n) is 9.77. The van der Waals surface area contributed by atoms with Gasteiger partial charge in [0.25, 0.3) is 5.91 Å². The number of benzene rings is 1. The number of carbonyl (C=O) groups is 1. The zero-order chi connectivity index (χ0) is 12.0. The predicted octanol–water partition coefficient (Wildman–Crippen LogP) is 1.66. The Bertz CT molecular complexity index is 335. The first-order chi connectivity index (χ1) is 7.69. The number of methoxy groups -OCH3 is 1. The SMILES string of the molecule is CCCN(C(=O)COC)c1ccc(N)cc1. The number of hydrogen-bond donors (Lipinski definition) is 1. The van der Waals surface area contributed by atoms with E-state index in [1.54, 1.807) is 17.0 Å². The molecule has 0 aromatic heterocycles. The van der Waals surface area contributed by atoms with Crippen LogP contribution in [0.25, 0.3) is 0 Å². The maximum absolute atomic E-state index is 11.8. The van der Waals surface area contributed by atoms with Gasteiger partial charge in [0.15, 0.2) is 0 Å². The molecule has 0 heterocycles. The Kier molecular flexibility index (Phi) is 4.79. The molecule has 0 radical (unpaired) electrons. The molecule has 1 amide bonds. The fraction of sp³-hybridized carbons (Fsp3) is 0.417. The summed E-state index contributed by atoms with van der Waals surface area (Å²) < 4.78 is 4.86. The minimum Gasteiger partial charge on any atom is -0.399 e. The highest BCUT2D eigenvalue weighted by atomic mass is 16.5. The highest BCUT2D eigenvalue weighted by Crippen LogP contribution is 2.16. The third-order valence-electron chi connectivity index (χ3n) is 2.22. The number of rotatable bonds is 5. The summed E-state index contributed by atoms with van der Waals surface area (Å²) in [6.07, 6.45) is 0.903. The van der Waals surface area contributed by atoms with Crippen molar-refractivity contribution in [2.24, 2.45) is 0 Å². The van der Waals surface area contributed by atoms with Gasteiger partial charge in [0.05, 0.1) is 0 Å². The molecule has 4 heteroatoms. The van der Waals surface area contributed by atoms with Crippen molar-refractivity contribution < 1.29 is 9.53 Å². The first kappa shape index (κ1) is 12.5. The first-order valence-electron chi connectivity index (χ1n) is 5.34. The van der Waals surface area contributed by atoms with Crippen molar-refractivity contribution in [1.29, 1.82) is 0 Å². The van der Waals surface area contributed by atoms with Gasteiger partial charge in [-0.05, 0) is 30.7 Å². The van der Waals surface area contributed by atoms with Crippen LogP contribution in [0.3, 0.4) is 0 Å². The summed E-state index contributed by atoms with van der Waals surface area (Å²) >= 11 is 0. The van der Waals surface area contributed by atoms with Crippen LogP contribution < -0.4 is 10.6 Å². The largest absolute Gasteiger partial charge is 0.399 e. The molecule has 2 N–H and O–H groups in total. The van der Waals surface area contributed by atoms with E-state index in [2.05, 4.69) is 0 Å². The molecule has 4 nitrogen and oxygen atoms in total. The number of nitrogen functional groups attached to an aromatic ring is 1. The highest BCUT2D eigenvalue weighted by molar-refractivity contribution is 5.94. The average Bonchev–Trinajstić information content (AvgIpc) is 2.28. The van der Waals surface area contributed by atoms with Gasteiger partial charge in [0, 0.05) is 25.0 Å². The summed E-state index contributed by atoms with van der Waals surface area (Å²) in [4.78, 5) is 13.5. The van der Waals surface area contributed by atoms with Crippen LogP contribution in [0.4, 0.5) is 11.4 Å². The van der Waals surface area contributed by atoms with Crippen LogP contribution in [0.1, 0.15) is 13.3 Å². The molecule has 0 saturated carbocycles. The lowest BCUT2D eigenvalue weighted by molar-refractivity contribution is -0.122. The molecule has 0 aliphatic carbocycles. The van der Waals surface area contributed by atoms with Crippen molar-refractivity contribution >= 4 is 17.3 Å². The quantitative estimate of drug-likeness (QED) is 0.771. The summed E-state index contributed by atoms with van der Waals surface area (Å²) in [6.45, 7) is 2.82. The van der Waals surface area contributed by atoms with E-state index < -0.39 is 0 Å². The molecule has 88 valence electrons. The fourth-order valence-electron chi connectivity index (χ4n) is 1.48. The Morgan fingerprint density at radius 3 is 2.50 bits per heavy atom. The van der Waals surface area contributed by atoms with Crippen molar-refractivity contribution in [1.82, 2.24) is 0 Å². The molecule has 1 rings (SSSR count). The fourth-order valence-corrected chi connectivity index (χ4v) is 1.48. The smallest absolute Gasteiger partial charge is 0.252 e. The topological polar surface area (TPSA) is 55.6 Å². The molecule has 1 aromatic rings. The Morgan fingerprint density at radius 1 is 1.38 bits per heavy atom. The molecule has 0 saturated heterocycles. The van der Waals surface area contributed by atoms with Gasteiger partial charge in [-0.25, -0.2) is 0 Å². The van der Waals surface area contributed by atoms with Crippen LogP contribution >= 0.6 is 0 Å². The molecule has 0 atom stereocenters. The predicted molar refractivity (Wildman–Crippen MR) is 65.4 cm³/mol. The monoisotopic (exact) mass is 222 g/mol. The van der Waals surface area contributed by atoms with Gasteiger partial charge in [-0.1, -0.05) is 6.92 Å². The Balaban J connectivity index is 2.84. The van der Waals surface area contributed by atoms with Gasteiger partial charge in [-0.2, -0.15) is 0 Å². The second-order valence-electron chi connectivity index (χ2n) is 3.57. The number of nitrogens with two attached hydrogens (primary N) is 1. The second kappa shape index (κ2) is 6.12. The van der Waals surface area contributed by atoms with Crippen LogP contribution in [0.15, 0.2) is 24.3 Å². The van der Waals surface area contributed by atoms with E-state index in [0.29, 0.717) is 12.2 Å². The summed E-state index contributed by atoms with van der Waals surface area (Å²) in [7, 11) is 1.52. The Morgan fingerprint density at radius 2 is 2.00 bits per heavy atom. The number of amides is 1. The molecule has 0 aliphatic rings. The van der Waals surface area contributed by atoms with Gasteiger partial charge < -0.3 is 15.4 Å². The van der Waals surface area contributed by atoms with Gasteiger partial charge in [-0.3, -0.25) is 4.79 Å². The van der Waals surface area contributed by atoms with Gasteiger partial charge in [-0.15, -0.1) is 0 Å². The highest BCUT2D eigenvalue weighted by Gasteiger charge is 2.13. The summed E-state index contributed by atoms with van der Waals surface area (Å²) in [6, 6.07) is 7.27. The van der Waals surface area contributed by atoms with E-state index in [1.807, 2.05) is 19.1 Å². The molecule has 16 heavy (non-hydrogen) atoms. The van der Waals surface area contributed by atoms with E-state index >= 15 is 0 Å². The normalized spacial score (nSPS) is 10.1. The number of anilines is 2. The van der Waals surface area contributed by atoms with Crippen LogP contribution in [0, 0.1) is 0 Å². The molecule has 0 fully saturated rings. The van der Waals surface area contributed by atoms with Crippen LogP contribution in [0.5, 0.6) is 0 Å². The number of hydrogen-bond acceptors (Lipinski definition) is 3. The zero-order valence-corrected chi connectivity index (χ0v) is 9.77. The molecular formula is C12H18N2O2. The second-order valence-corrected chi connectivity index (χ2v) is 3.57. The van der Waals surface area contributed by atoms with E-state index in [4.69, 9.17) is 10.5 Å². The molecule has 0 aliphatic heterocycles. The minimum absolute atomic E-state index is 0.0332. The summed E-state index contributed by atoms with van der Waals surface area (Å²) in [5, 5.41) is 0. The minimum atomic E-state index is -0.0332. The van der Waals surface area contributed by atoms with E-state index in [1.165, 1.54) is 7.11 Å². The first-order valence-corrected chi connectivity index (χ1v) is 5.34. The standard InChI is InChI=1S/C12H18N2O2/c1-3-8-14(12(15)9-16-2)11-6-4-10(13)5-7-11/h4-7H,3,8-9,13H2,1-2H3. The maximum Gasteiger partial charge on any atom is 0.252 e. The lowest BCUT2D eigenvalue weighted by Crippen LogP contribution is -2.34. The lowest BCUT2D eigenvalue weighted by atomic mass is 10.2. The van der Waals surface area contributed by atoms with Crippen LogP contribution in [0.2, 0.25) is 0 Å². The molecule has 1 aromatic carbocycles. The number of ether oxygens (including phenoxy) is 1. The maximum atomic E-state index is 11.8. The summed E-state index contributed by atoms with van der Waals surface area (Å²) in [5.74, 6) is -0.0332. The summed E-state index contributed by atoms with van der Waals surface area (Å²) in [5.41, 5.74) is 7.16. The van der Waals surface area contributed by atoms with Crippen molar-refractivity contribution in [2.45, 2.75) is 13.3 Å². The third-order valence-corrected chi connectivity index (χ3v) is 2.22. The van der Waals surface area contributed by atoms with Gasteiger partial charge >= 0.3 is 0 Å². The third kappa shape index (κ3) is 3.24. The van der Waals surface area contributed by atoms with Crippen LogP contribution in [-0.4, -0.2) is 26.2 Å². The van der Waals surface area contributed by atoms with E-state index in [9.17, 15) is 4.79 Å².